The van der Waals surface area contributed by atoms with Crippen molar-refractivity contribution in [3.63, 3.8) is 0 Å². The standard InChI is InChI=1S/C24H25N5O3S/c1-17-7-5-6-10-22(17)33(31,32)29-16-19-13-20(29)15-28(19)23-12-11-21(26-27-23)24(30)25-14-18-8-3-2-4-9-18/h2-12,19-20H,13-16H2,1H3,(H,25,30). The van der Waals surface area contributed by atoms with Crippen LogP contribution in [0.5, 0.6) is 0 Å². The molecule has 2 atom stereocenters. The quantitative estimate of drug-likeness (QED) is 0.603. The molecule has 3 heterocycles. The number of anilines is 1. The Kier molecular flexibility index (Phi) is 5.59. The van der Waals surface area contributed by atoms with E-state index in [-0.39, 0.29) is 23.7 Å². The van der Waals surface area contributed by atoms with Crippen LogP contribution in [0.2, 0.25) is 0 Å². The fraction of sp³-hybridized carbons (Fsp3) is 0.292. The molecular formula is C24H25N5O3S. The average Bonchev–Trinajstić information content (AvgIpc) is 3.45. The van der Waals surface area contributed by atoms with E-state index in [2.05, 4.69) is 20.4 Å². The van der Waals surface area contributed by atoms with Gasteiger partial charge in [-0.05, 0) is 42.7 Å². The summed E-state index contributed by atoms with van der Waals surface area (Å²) in [5, 5.41) is 11.2. The number of fused-ring (bicyclic) bond motifs is 2. The molecule has 2 bridgehead atoms. The minimum Gasteiger partial charge on any atom is -0.349 e. The number of aromatic nitrogens is 2. The molecule has 1 amide bonds. The summed E-state index contributed by atoms with van der Waals surface area (Å²) in [5.41, 5.74) is 2.01. The topological polar surface area (TPSA) is 95.5 Å². The van der Waals surface area contributed by atoms with Crippen molar-refractivity contribution in [1.29, 1.82) is 0 Å². The second kappa shape index (κ2) is 8.57. The van der Waals surface area contributed by atoms with Gasteiger partial charge in [-0.3, -0.25) is 4.79 Å². The molecule has 5 rings (SSSR count). The van der Waals surface area contributed by atoms with Gasteiger partial charge in [-0.25, -0.2) is 8.42 Å². The van der Waals surface area contributed by atoms with Crippen LogP contribution in [-0.2, 0) is 16.6 Å². The molecule has 2 aromatic carbocycles. The second-order valence-corrected chi connectivity index (χ2v) is 10.3. The summed E-state index contributed by atoms with van der Waals surface area (Å²) >= 11 is 0. The summed E-state index contributed by atoms with van der Waals surface area (Å²) in [6.07, 6.45) is 0.756. The number of hydrogen-bond acceptors (Lipinski definition) is 6. The van der Waals surface area contributed by atoms with E-state index in [4.69, 9.17) is 0 Å². The SMILES string of the molecule is Cc1ccccc1S(=O)(=O)N1CC2CC1CN2c1ccc(C(=O)NCc2ccccc2)nn1. The highest BCUT2D eigenvalue weighted by molar-refractivity contribution is 7.89. The number of nitrogens with one attached hydrogen (secondary N) is 1. The van der Waals surface area contributed by atoms with E-state index in [1.165, 1.54) is 0 Å². The van der Waals surface area contributed by atoms with Crippen molar-refractivity contribution in [2.75, 3.05) is 18.0 Å². The van der Waals surface area contributed by atoms with E-state index >= 15 is 0 Å². The third kappa shape index (κ3) is 4.09. The first kappa shape index (κ1) is 21.5. The Balaban J connectivity index is 1.24. The Morgan fingerprint density at radius 2 is 1.73 bits per heavy atom. The molecule has 9 heteroatoms. The summed E-state index contributed by atoms with van der Waals surface area (Å²) in [4.78, 5) is 14.9. The molecule has 33 heavy (non-hydrogen) atoms. The normalized spacial score (nSPS) is 20.2. The molecule has 0 radical (unpaired) electrons. The van der Waals surface area contributed by atoms with Gasteiger partial charge in [0.05, 0.1) is 4.90 Å². The van der Waals surface area contributed by atoms with Crippen LogP contribution in [0.1, 0.15) is 28.0 Å². The third-order valence-corrected chi connectivity index (χ3v) is 8.42. The number of rotatable bonds is 6. The maximum absolute atomic E-state index is 13.2. The summed E-state index contributed by atoms with van der Waals surface area (Å²) in [6, 6.07) is 20.1. The van der Waals surface area contributed by atoms with Crippen molar-refractivity contribution >= 4 is 21.7 Å². The van der Waals surface area contributed by atoms with Crippen molar-refractivity contribution in [3.05, 3.63) is 83.6 Å². The van der Waals surface area contributed by atoms with Crippen LogP contribution in [0.3, 0.4) is 0 Å². The zero-order valence-electron chi connectivity index (χ0n) is 18.3. The number of nitrogens with zero attached hydrogens (tertiary/aromatic N) is 4. The van der Waals surface area contributed by atoms with Gasteiger partial charge in [-0.15, -0.1) is 10.2 Å². The van der Waals surface area contributed by atoms with E-state index in [9.17, 15) is 13.2 Å². The van der Waals surface area contributed by atoms with Gasteiger partial charge in [-0.2, -0.15) is 4.31 Å². The minimum atomic E-state index is -3.54. The van der Waals surface area contributed by atoms with E-state index < -0.39 is 10.0 Å². The van der Waals surface area contributed by atoms with E-state index in [0.717, 1.165) is 17.5 Å². The van der Waals surface area contributed by atoms with Gasteiger partial charge in [-0.1, -0.05) is 48.5 Å². The molecule has 8 nitrogen and oxygen atoms in total. The lowest BCUT2D eigenvalue weighted by Crippen LogP contribution is -2.49. The first-order valence-electron chi connectivity index (χ1n) is 10.9. The number of carbonyl (C=O) groups excluding carboxylic acids is 1. The van der Waals surface area contributed by atoms with Gasteiger partial charge < -0.3 is 10.2 Å². The van der Waals surface area contributed by atoms with Gasteiger partial charge in [0.1, 0.15) is 0 Å². The van der Waals surface area contributed by atoms with Gasteiger partial charge in [0.2, 0.25) is 10.0 Å². The van der Waals surface area contributed by atoms with Gasteiger partial charge in [0.15, 0.2) is 11.5 Å². The van der Waals surface area contributed by atoms with Crippen LogP contribution in [0.4, 0.5) is 5.82 Å². The number of aryl methyl sites for hydroxylation is 1. The van der Waals surface area contributed by atoms with Gasteiger partial charge >= 0.3 is 0 Å². The predicted molar refractivity (Wildman–Crippen MR) is 124 cm³/mol. The molecule has 170 valence electrons. The lowest BCUT2D eigenvalue weighted by atomic mass is 10.2. The monoisotopic (exact) mass is 463 g/mol. The Morgan fingerprint density at radius 1 is 0.970 bits per heavy atom. The molecule has 2 aliphatic rings. The molecule has 1 N–H and O–H groups in total. The number of hydrogen-bond donors (Lipinski definition) is 1. The zero-order valence-corrected chi connectivity index (χ0v) is 19.1. The fourth-order valence-electron chi connectivity index (χ4n) is 4.65. The zero-order chi connectivity index (χ0) is 23.0. The Labute approximate surface area is 193 Å². The number of piperazine rings is 1. The highest BCUT2D eigenvalue weighted by Gasteiger charge is 2.49. The highest BCUT2D eigenvalue weighted by atomic mass is 32.2. The van der Waals surface area contributed by atoms with Crippen molar-refractivity contribution in [2.45, 2.75) is 36.9 Å². The molecule has 0 aliphatic carbocycles. The van der Waals surface area contributed by atoms with Crippen molar-refractivity contribution in [2.24, 2.45) is 0 Å². The van der Waals surface area contributed by atoms with E-state index in [0.29, 0.717) is 30.3 Å². The fourth-order valence-corrected chi connectivity index (χ4v) is 6.54. The predicted octanol–water partition coefficient (Wildman–Crippen LogP) is 2.37. The van der Waals surface area contributed by atoms with Gasteiger partial charge in [0.25, 0.3) is 5.91 Å². The first-order chi connectivity index (χ1) is 15.9. The number of amides is 1. The highest BCUT2D eigenvalue weighted by Crippen LogP contribution is 2.37. The lowest BCUT2D eigenvalue weighted by Gasteiger charge is -2.34. The summed E-state index contributed by atoms with van der Waals surface area (Å²) in [7, 11) is -3.54. The van der Waals surface area contributed by atoms with Crippen LogP contribution in [0.25, 0.3) is 0 Å². The molecule has 3 aromatic rings. The van der Waals surface area contributed by atoms with Crippen LogP contribution >= 0.6 is 0 Å². The maximum atomic E-state index is 13.2. The summed E-state index contributed by atoms with van der Waals surface area (Å²) in [6.45, 7) is 3.22. The lowest BCUT2D eigenvalue weighted by molar-refractivity contribution is 0.0945. The molecule has 2 unspecified atom stereocenters. The molecule has 2 fully saturated rings. The van der Waals surface area contributed by atoms with Crippen LogP contribution in [0.15, 0.2) is 71.6 Å². The van der Waals surface area contributed by atoms with E-state index in [1.54, 1.807) is 28.6 Å². The van der Waals surface area contributed by atoms with Crippen molar-refractivity contribution in [1.82, 2.24) is 19.8 Å². The third-order valence-electron chi connectivity index (χ3n) is 6.34. The number of sulfonamides is 1. The number of benzene rings is 2. The molecule has 1 aromatic heterocycles. The number of carbonyl (C=O) groups is 1. The van der Waals surface area contributed by atoms with Crippen LogP contribution in [-0.4, -0.2) is 54.0 Å². The van der Waals surface area contributed by atoms with Crippen molar-refractivity contribution < 1.29 is 13.2 Å². The average molecular weight is 464 g/mol. The summed E-state index contributed by atoms with van der Waals surface area (Å²) in [5.74, 6) is 0.381. The van der Waals surface area contributed by atoms with Crippen LogP contribution < -0.4 is 10.2 Å². The Hall–Kier alpha value is -3.30. The minimum absolute atomic E-state index is 0.0425. The maximum Gasteiger partial charge on any atom is 0.272 e. The molecule has 0 saturated carbocycles. The van der Waals surface area contributed by atoms with Crippen molar-refractivity contribution in [3.8, 4) is 0 Å². The second-order valence-electron chi connectivity index (χ2n) is 8.48. The largest absolute Gasteiger partial charge is 0.349 e. The summed E-state index contributed by atoms with van der Waals surface area (Å²) < 4.78 is 28.0. The smallest absolute Gasteiger partial charge is 0.272 e. The van der Waals surface area contributed by atoms with E-state index in [1.807, 2.05) is 49.4 Å². The van der Waals surface area contributed by atoms with Crippen LogP contribution in [0, 0.1) is 6.92 Å². The molecule has 2 saturated heterocycles. The molecular weight excluding hydrogens is 438 g/mol. The van der Waals surface area contributed by atoms with Gasteiger partial charge in [0, 0.05) is 31.7 Å². The first-order valence-corrected chi connectivity index (χ1v) is 12.4. The Bertz CT molecular complexity index is 1260. The molecule has 2 aliphatic heterocycles. The Morgan fingerprint density at radius 3 is 2.39 bits per heavy atom. The molecule has 0 spiro atoms.